The standard InChI is InChI=1S/C13H17N3O3S2/c1-2-14-7-10-5-6-12(19-10)21(17,18)16-13-15-11(8-20-13)9-3-4-9/h5-6,8-9,14H,2-4,7H2,1H3,(H,15,16). The molecule has 1 aliphatic carbocycles. The molecule has 1 saturated carbocycles. The van der Waals surface area contributed by atoms with Gasteiger partial charge in [0.05, 0.1) is 12.2 Å². The van der Waals surface area contributed by atoms with Gasteiger partial charge in [-0.25, -0.2) is 4.98 Å². The lowest BCUT2D eigenvalue weighted by Gasteiger charge is -2.02. The lowest BCUT2D eigenvalue weighted by atomic mass is 10.3. The summed E-state index contributed by atoms with van der Waals surface area (Å²) in [6.07, 6.45) is 2.28. The van der Waals surface area contributed by atoms with Gasteiger partial charge in [0.15, 0.2) is 5.13 Å². The van der Waals surface area contributed by atoms with Crippen molar-refractivity contribution in [3.8, 4) is 0 Å². The fourth-order valence-electron chi connectivity index (χ4n) is 1.91. The number of furan rings is 1. The number of hydrogen-bond acceptors (Lipinski definition) is 6. The Morgan fingerprint density at radius 1 is 1.43 bits per heavy atom. The molecule has 0 aromatic carbocycles. The van der Waals surface area contributed by atoms with E-state index >= 15 is 0 Å². The van der Waals surface area contributed by atoms with Crippen molar-refractivity contribution in [1.82, 2.24) is 10.3 Å². The van der Waals surface area contributed by atoms with E-state index in [1.807, 2.05) is 12.3 Å². The van der Waals surface area contributed by atoms with Gasteiger partial charge < -0.3 is 9.73 Å². The molecule has 0 unspecified atom stereocenters. The summed E-state index contributed by atoms with van der Waals surface area (Å²) in [7, 11) is -3.71. The monoisotopic (exact) mass is 327 g/mol. The van der Waals surface area contributed by atoms with Gasteiger partial charge in [0.25, 0.3) is 10.0 Å². The van der Waals surface area contributed by atoms with Crippen molar-refractivity contribution < 1.29 is 12.8 Å². The summed E-state index contributed by atoms with van der Waals surface area (Å²) in [5.41, 5.74) is 0.977. The minimum absolute atomic E-state index is 0.0847. The third kappa shape index (κ3) is 3.45. The quantitative estimate of drug-likeness (QED) is 0.816. The zero-order valence-corrected chi connectivity index (χ0v) is 13.3. The topological polar surface area (TPSA) is 84.2 Å². The summed E-state index contributed by atoms with van der Waals surface area (Å²) in [5.74, 6) is 1.10. The van der Waals surface area contributed by atoms with Crippen LogP contribution in [0.25, 0.3) is 0 Å². The first-order valence-electron chi connectivity index (χ1n) is 6.86. The minimum atomic E-state index is -3.71. The smallest absolute Gasteiger partial charge is 0.297 e. The van der Waals surface area contributed by atoms with Crippen LogP contribution in [0.15, 0.2) is 27.0 Å². The molecule has 21 heavy (non-hydrogen) atoms. The first kappa shape index (κ1) is 14.6. The molecule has 8 heteroatoms. The fraction of sp³-hybridized carbons (Fsp3) is 0.462. The van der Waals surface area contributed by atoms with Crippen molar-refractivity contribution >= 4 is 26.5 Å². The van der Waals surface area contributed by atoms with Gasteiger partial charge in [0.2, 0.25) is 5.09 Å². The van der Waals surface area contributed by atoms with E-state index in [1.165, 1.54) is 17.4 Å². The Kier molecular flexibility index (Phi) is 4.01. The molecule has 114 valence electrons. The molecular formula is C13H17N3O3S2. The number of rotatable bonds is 7. The average molecular weight is 327 g/mol. The van der Waals surface area contributed by atoms with Crippen LogP contribution < -0.4 is 10.0 Å². The van der Waals surface area contributed by atoms with Crippen LogP contribution in [0.1, 0.15) is 37.1 Å². The molecule has 0 amide bonds. The second-order valence-electron chi connectivity index (χ2n) is 4.96. The highest BCUT2D eigenvalue weighted by Crippen LogP contribution is 2.41. The Balaban J connectivity index is 1.71. The second kappa shape index (κ2) is 5.78. The Morgan fingerprint density at radius 2 is 2.24 bits per heavy atom. The molecule has 1 fully saturated rings. The van der Waals surface area contributed by atoms with Gasteiger partial charge in [-0.15, -0.1) is 11.3 Å². The van der Waals surface area contributed by atoms with Crippen LogP contribution >= 0.6 is 11.3 Å². The van der Waals surface area contributed by atoms with E-state index in [1.54, 1.807) is 6.07 Å². The molecule has 3 rings (SSSR count). The number of nitrogens with one attached hydrogen (secondary N) is 2. The van der Waals surface area contributed by atoms with E-state index in [2.05, 4.69) is 15.0 Å². The maximum Gasteiger partial charge on any atom is 0.297 e. The second-order valence-corrected chi connectivity index (χ2v) is 7.43. The first-order valence-corrected chi connectivity index (χ1v) is 9.22. The summed E-state index contributed by atoms with van der Waals surface area (Å²) in [6, 6.07) is 3.12. The van der Waals surface area contributed by atoms with Crippen LogP contribution in [0.3, 0.4) is 0 Å². The van der Waals surface area contributed by atoms with Crippen LogP contribution in [0, 0.1) is 0 Å². The molecule has 2 N–H and O–H groups in total. The van der Waals surface area contributed by atoms with Crippen LogP contribution in [-0.4, -0.2) is 19.9 Å². The molecule has 6 nitrogen and oxygen atoms in total. The molecule has 2 aromatic rings. The van der Waals surface area contributed by atoms with Crippen molar-refractivity contribution in [1.29, 1.82) is 0 Å². The molecular weight excluding hydrogens is 310 g/mol. The third-order valence-electron chi connectivity index (χ3n) is 3.19. The molecule has 2 heterocycles. The number of anilines is 1. The van der Waals surface area contributed by atoms with Gasteiger partial charge in [-0.05, 0) is 31.5 Å². The number of sulfonamides is 1. The fourth-order valence-corrected chi connectivity index (χ4v) is 3.91. The summed E-state index contributed by atoms with van der Waals surface area (Å²) in [6.45, 7) is 3.28. The Labute approximate surface area is 127 Å². The van der Waals surface area contributed by atoms with E-state index in [9.17, 15) is 8.42 Å². The normalized spacial score (nSPS) is 15.3. The van der Waals surface area contributed by atoms with Crippen molar-refractivity contribution in [2.24, 2.45) is 0 Å². The zero-order valence-electron chi connectivity index (χ0n) is 11.6. The van der Waals surface area contributed by atoms with Gasteiger partial charge in [-0.1, -0.05) is 6.92 Å². The molecule has 0 bridgehead atoms. The molecule has 0 radical (unpaired) electrons. The summed E-state index contributed by atoms with van der Waals surface area (Å²) in [4.78, 5) is 4.31. The SMILES string of the molecule is CCNCc1ccc(S(=O)(=O)Nc2nc(C3CC3)cs2)o1. The lowest BCUT2D eigenvalue weighted by molar-refractivity contribution is 0.405. The highest BCUT2D eigenvalue weighted by Gasteiger charge is 2.27. The van der Waals surface area contributed by atoms with Crippen molar-refractivity contribution in [3.05, 3.63) is 29.0 Å². The molecule has 0 aliphatic heterocycles. The lowest BCUT2D eigenvalue weighted by Crippen LogP contribution is -2.13. The third-order valence-corrected chi connectivity index (χ3v) is 5.31. The predicted octanol–water partition coefficient (Wildman–Crippen LogP) is 2.52. The first-order chi connectivity index (χ1) is 10.1. The van der Waals surface area contributed by atoms with E-state index in [-0.39, 0.29) is 5.09 Å². The Hall–Kier alpha value is -1.38. The van der Waals surface area contributed by atoms with E-state index in [4.69, 9.17) is 4.42 Å². The maximum absolute atomic E-state index is 12.2. The molecule has 0 spiro atoms. The van der Waals surface area contributed by atoms with Gasteiger partial charge in [-0.3, -0.25) is 4.72 Å². The van der Waals surface area contributed by atoms with Gasteiger partial charge in [0.1, 0.15) is 5.76 Å². The molecule has 0 atom stereocenters. The summed E-state index contributed by atoms with van der Waals surface area (Å²) < 4.78 is 32.3. The Bertz CT molecular complexity index is 717. The number of hydrogen-bond donors (Lipinski definition) is 2. The van der Waals surface area contributed by atoms with Crippen molar-refractivity contribution in [2.75, 3.05) is 11.3 Å². The van der Waals surface area contributed by atoms with Gasteiger partial charge >= 0.3 is 0 Å². The van der Waals surface area contributed by atoms with E-state index in [0.29, 0.717) is 23.4 Å². The maximum atomic E-state index is 12.2. The van der Waals surface area contributed by atoms with Crippen molar-refractivity contribution in [3.63, 3.8) is 0 Å². The van der Waals surface area contributed by atoms with Gasteiger partial charge in [-0.2, -0.15) is 8.42 Å². The summed E-state index contributed by atoms with van der Waals surface area (Å²) in [5, 5.41) is 5.30. The minimum Gasteiger partial charge on any atom is -0.446 e. The molecule has 1 aliphatic rings. The van der Waals surface area contributed by atoms with E-state index in [0.717, 1.165) is 25.1 Å². The Morgan fingerprint density at radius 3 is 2.95 bits per heavy atom. The highest BCUT2D eigenvalue weighted by atomic mass is 32.2. The number of nitrogens with zero attached hydrogens (tertiary/aromatic N) is 1. The highest BCUT2D eigenvalue weighted by molar-refractivity contribution is 7.92. The number of aromatic nitrogens is 1. The van der Waals surface area contributed by atoms with Crippen molar-refractivity contribution in [2.45, 2.75) is 37.3 Å². The van der Waals surface area contributed by atoms with Gasteiger partial charge in [0, 0.05) is 11.3 Å². The average Bonchev–Trinajstić information content (AvgIpc) is 3.00. The summed E-state index contributed by atoms with van der Waals surface area (Å²) >= 11 is 1.30. The van der Waals surface area contributed by atoms with Crippen LogP contribution in [0.5, 0.6) is 0 Å². The predicted molar refractivity (Wildman–Crippen MR) is 81.0 cm³/mol. The van der Waals surface area contributed by atoms with Crippen LogP contribution in [0.4, 0.5) is 5.13 Å². The molecule has 0 saturated heterocycles. The zero-order chi connectivity index (χ0) is 14.9. The number of thiazole rings is 1. The largest absolute Gasteiger partial charge is 0.446 e. The van der Waals surface area contributed by atoms with Crippen LogP contribution in [-0.2, 0) is 16.6 Å². The van der Waals surface area contributed by atoms with E-state index < -0.39 is 10.0 Å². The van der Waals surface area contributed by atoms with Crippen LogP contribution in [0.2, 0.25) is 0 Å². The molecule has 2 aromatic heterocycles.